The molecule has 1 N–H and O–H groups in total. The number of piperidine rings is 1. The summed E-state index contributed by atoms with van der Waals surface area (Å²) in [6.07, 6.45) is 3.54. The number of hydrogen-bond donors (Lipinski definition) is 1. The van der Waals surface area contributed by atoms with Crippen LogP contribution in [0.15, 0.2) is 29.3 Å². The maximum absolute atomic E-state index is 6.06. The van der Waals surface area contributed by atoms with Gasteiger partial charge in [0.1, 0.15) is 12.4 Å². The maximum atomic E-state index is 6.06. The van der Waals surface area contributed by atoms with Gasteiger partial charge < -0.3 is 19.7 Å². The number of rotatable bonds is 8. The van der Waals surface area contributed by atoms with Gasteiger partial charge in [-0.1, -0.05) is 26.0 Å². The van der Waals surface area contributed by atoms with Crippen molar-refractivity contribution in [1.29, 1.82) is 0 Å². The molecule has 2 heterocycles. The van der Waals surface area contributed by atoms with Crippen LogP contribution < -0.4 is 10.1 Å². The molecule has 1 aromatic carbocycles. The molecular weight excluding hydrogens is 388 g/mol. The van der Waals surface area contributed by atoms with Crippen LogP contribution in [0.3, 0.4) is 0 Å². The fourth-order valence-corrected chi connectivity index (χ4v) is 4.78. The highest BCUT2D eigenvalue weighted by atomic mass is 16.5. The molecular formula is C25H42N4O2. The van der Waals surface area contributed by atoms with E-state index in [1.165, 1.54) is 12.0 Å². The summed E-state index contributed by atoms with van der Waals surface area (Å²) in [7, 11) is 2.19. The minimum absolute atomic E-state index is 0.614. The molecule has 0 bridgehead atoms. The van der Waals surface area contributed by atoms with Gasteiger partial charge >= 0.3 is 0 Å². The summed E-state index contributed by atoms with van der Waals surface area (Å²) in [5.74, 6) is 3.39. The van der Waals surface area contributed by atoms with E-state index in [0.717, 1.165) is 63.9 Å². The molecule has 1 aromatic rings. The van der Waals surface area contributed by atoms with Crippen LogP contribution >= 0.6 is 0 Å². The third-order valence-electron chi connectivity index (χ3n) is 6.34. The second-order valence-electron chi connectivity index (χ2n) is 9.34. The standard InChI is InChI=1S/C25H42N4O2/c1-5-26-25(29-18-20(2)15-21(3)19-29)27-17-22-7-6-8-24(16-22)31-14-11-28(4)23-9-12-30-13-10-23/h6-8,16,20-21,23H,5,9-15,17-19H2,1-4H3,(H,26,27). The van der Waals surface area contributed by atoms with Crippen molar-refractivity contribution in [2.75, 3.05) is 53.0 Å². The number of nitrogens with one attached hydrogen (secondary N) is 1. The van der Waals surface area contributed by atoms with E-state index in [9.17, 15) is 0 Å². The van der Waals surface area contributed by atoms with E-state index >= 15 is 0 Å². The summed E-state index contributed by atoms with van der Waals surface area (Å²) in [6, 6.07) is 8.99. The SMILES string of the molecule is CCNC(=NCc1cccc(OCCN(C)C2CCOCC2)c1)N1CC(C)CC(C)C1. The Balaban J connectivity index is 1.52. The van der Waals surface area contributed by atoms with E-state index in [-0.39, 0.29) is 0 Å². The predicted molar refractivity (Wildman–Crippen MR) is 128 cm³/mol. The Labute approximate surface area is 189 Å². The minimum atomic E-state index is 0.614. The summed E-state index contributed by atoms with van der Waals surface area (Å²) in [5.41, 5.74) is 1.18. The summed E-state index contributed by atoms with van der Waals surface area (Å²) in [4.78, 5) is 9.77. The molecule has 2 atom stereocenters. The number of guanidine groups is 1. The highest BCUT2D eigenvalue weighted by Gasteiger charge is 2.24. The van der Waals surface area contributed by atoms with Gasteiger partial charge in [0.15, 0.2) is 5.96 Å². The topological polar surface area (TPSA) is 49.3 Å². The van der Waals surface area contributed by atoms with Crippen molar-refractivity contribution in [1.82, 2.24) is 15.1 Å². The molecule has 0 saturated carbocycles. The van der Waals surface area contributed by atoms with Crippen molar-refractivity contribution in [2.24, 2.45) is 16.8 Å². The zero-order valence-electron chi connectivity index (χ0n) is 20.0. The number of hydrogen-bond acceptors (Lipinski definition) is 4. The van der Waals surface area contributed by atoms with Gasteiger partial charge in [0.05, 0.1) is 6.54 Å². The first kappa shape index (κ1) is 23.9. The quantitative estimate of drug-likeness (QED) is 0.504. The molecule has 0 radical (unpaired) electrons. The third-order valence-corrected chi connectivity index (χ3v) is 6.34. The van der Waals surface area contributed by atoms with Crippen LogP contribution in [0.4, 0.5) is 0 Å². The molecule has 2 aliphatic heterocycles. The summed E-state index contributed by atoms with van der Waals surface area (Å²) in [5, 5.41) is 3.49. The molecule has 31 heavy (non-hydrogen) atoms. The molecule has 174 valence electrons. The lowest BCUT2D eigenvalue weighted by Gasteiger charge is -2.37. The number of ether oxygens (including phenoxy) is 2. The highest BCUT2D eigenvalue weighted by molar-refractivity contribution is 5.80. The molecule has 6 heteroatoms. The Hall–Kier alpha value is -1.79. The molecule has 2 saturated heterocycles. The zero-order chi connectivity index (χ0) is 22.1. The Kier molecular flexibility index (Phi) is 9.47. The first-order valence-electron chi connectivity index (χ1n) is 12.1. The number of likely N-dealkylation sites (N-methyl/N-ethyl adjacent to an activating group) is 1. The minimum Gasteiger partial charge on any atom is -0.492 e. The average molecular weight is 431 g/mol. The van der Waals surface area contributed by atoms with Crippen molar-refractivity contribution < 1.29 is 9.47 Å². The van der Waals surface area contributed by atoms with Crippen molar-refractivity contribution >= 4 is 5.96 Å². The first-order valence-corrected chi connectivity index (χ1v) is 12.1. The van der Waals surface area contributed by atoms with Crippen LogP contribution in [0.25, 0.3) is 0 Å². The molecule has 0 aromatic heterocycles. The molecule has 0 amide bonds. The number of likely N-dealkylation sites (tertiary alicyclic amines) is 1. The Bertz CT molecular complexity index is 680. The van der Waals surface area contributed by atoms with Crippen molar-refractivity contribution in [3.8, 4) is 5.75 Å². The van der Waals surface area contributed by atoms with E-state index in [4.69, 9.17) is 14.5 Å². The van der Waals surface area contributed by atoms with Gasteiger partial charge in [0.25, 0.3) is 0 Å². The molecule has 2 unspecified atom stereocenters. The van der Waals surface area contributed by atoms with Gasteiger partial charge in [0, 0.05) is 45.4 Å². The second kappa shape index (κ2) is 12.3. The van der Waals surface area contributed by atoms with Crippen LogP contribution in [-0.2, 0) is 11.3 Å². The molecule has 6 nitrogen and oxygen atoms in total. The van der Waals surface area contributed by atoms with Crippen LogP contribution in [0, 0.1) is 11.8 Å². The molecule has 0 aliphatic carbocycles. The van der Waals surface area contributed by atoms with E-state index in [1.54, 1.807) is 0 Å². The summed E-state index contributed by atoms with van der Waals surface area (Å²) in [6.45, 7) is 13.9. The lowest BCUT2D eigenvalue weighted by atomic mass is 9.92. The normalized spacial score (nSPS) is 23.3. The van der Waals surface area contributed by atoms with Crippen LogP contribution in [0.2, 0.25) is 0 Å². The van der Waals surface area contributed by atoms with Crippen LogP contribution in [-0.4, -0.2) is 74.8 Å². The fraction of sp³-hybridized carbons (Fsp3) is 0.720. The van der Waals surface area contributed by atoms with E-state index in [0.29, 0.717) is 31.0 Å². The van der Waals surface area contributed by atoms with Crippen LogP contribution in [0.5, 0.6) is 5.75 Å². The molecule has 0 spiro atoms. The summed E-state index contributed by atoms with van der Waals surface area (Å²) >= 11 is 0. The van der Waals surface area contributed by atoms with E-state index in [2.05, 4.69) is 61.1 Å². The first-order chi connectivity index (χ1) is 15.0. The van der Waals surface area contributed by atoms with Crippen molar-refractivity contribution in [2.45, 2.75) is 52.6 Å². The van der Waals surface area contributed by atoms with Gasteiger partial charge in [-0.05, 0) is 62.8 Å². The number of aliphatic imine (C=N–C) groups is 1. The Morgan fingerprint density at radius 3 is 2.68 bits per heavy atom. The average Bonchev–Trinajstić information content (AvgIpc) is 2.77. The van der Waals surface area contributed by atoms with Crippen LogP contribution in [0.1, 0.15) is 45.6 Å². The number of nitrogens with zero attached hydrogens (tertiary/aromatic N) is 3. The van der Waals surface area contributed by atoms with Gasteiger partial charge in [0.2, 0.25) is 0 Å². The highest BCUT2D eigenvalue weighted by Crippen LogP contribution is 2.21. The Morgan fingerprint density at radius 2 is 1.97 bits per heavy atom. The lowest BCUT2D eigenvalue weighted by molar-refractivity contribution is 0.0392. The molecule has 2 fully saturated rings. The Morgan fingerprint density at radius 1 is 1.23 bits per heavy atom. The molecule has 3 rings (SSSR count). The fourth-order valence-electron chi connectivity index (χ4n) is 4.78. The monoisotopic (exact) mass is 430 g/mol. The summed E-state index contributed by atoms with van der Waals surface area (Å²) < 4.78 is 11.5. The van der Waals surface area contributed by atoms with Gasteiger partial charge in [-0.25, -0.2) is 4.99 Å². The zero-order valence-corrected chi connectivity index (χ0v) is 20.0. The molecule has 2 aliphatic rings. The van der Waals surface area contributed by atoms with E-state index in [1.807, 2.05) is 6.07 Å². The van der Waals surface area contributed by atoms with Crippen molar-refractivity contribution in [3.63, 3.8) is 0 Å². The predicted octanol–water partition coefficient (Wildman–Crippen LogP) is 3.62. The second-order valence-corrected chi connectivity index (χ2v) is 9.34. The van der Waals surface area contributed by atoms with Gasteiger partial charge in [-0.3, -0.25) is 4.90 Å². The van der Waals surface area contributed by atoms with Gasteiger partial charge in [-0.2, -0.15) is 0 Å². The number of benzene rings is 1. The van der Waals surface area contributed by atoms with Crippen molar-refractivity contribution in [3.05, 3.63) is 29.8 Å². The third kappa shape index (κ3) is 7.69. The maximum Gasteiger partial charge on any atom is 0.194 e. The van der Waals surface area contributed by atoms with Gasteiger partial charge in [-0.15, -0.1) is 0 Å². The lowest BCUT2D eigenvalue weighted by Crippen LogP contribution is -2.48. The largest absolute Gasteiger partial charge is 0.492 e. The van der Waals surface area contributed by atoms with E-state index < -0.39 is 0 Å². The smallest absolute Gasteiger partial charge is 0.194 e.